The number of nitrogens with zero attached hydrogens (tertiary/aromatic N) is 2. The summed E-state index contributed by atoms with van der Waals surface area (Å²) < 4.78 is 0. The molecule has 0 saturated carbocycles. The summed E-state index contributed by atoms with van der Waals surface area (Å²) in [6, 6.07) is 3.49. The van der Waals surface area contributed by atoms with E-state index < -0.39 is 0 Å². The van der Waals surface area contributed by atoms with Crippen LogP contribution in [-0.2, 0) is 0 Å². The van der Waals surface area contributed by atoms with Crippen molar-refractivity contribution >= 4 is 11.7 Å². The first-order chi connectivity index (χ1) is 9.29. The molecule has 1 saturated heterocycles. The summed E-state index contributed by atoms with van der Waals surface area (Å²) in [4.78, 5) is 18.5. The molecule has 1 amide bonds. The van der Waals surface area contributed by atoms with Gasteiger partial charge < -0.3 is 15.5 Å². The number of hydrogen-bond donors (Lipinski definition) is 2. The van der Waals surface area contributed by atoms with Gasteiger partial charge in [-0.1, -0.05) is 6.42 Å². The molecular weight excluding hydrogens is 240 g/mol. The Bertz CT molecular complexity index is 416. The molecule has 5 nitrogen and oxygen atoms in total. The summed E-state index contributed by atoms with van der Waals surface area (Å²) in [5, 5.41) is 5.89. The topological polar surface area (TPSA) is 57.3 Å². The molecule has 104 valence electrons. The van der Waals surface area contributed by atoms with E-state index in [9.17, 15) is 4.79 Å². The van der Waals surface area contributed by atoms with Crippen LogP contribution in [-0.4, -0.2) is 49.0 Å². The number of rotatable bonds is 5. The fraction of sp³-hybridized carbons (Fsp3) is 0.571. The van der Waals surface area contributed by atoms with Crippen molar-refractivity contribution in [2.75, 3.05) is 38.5 Å². The van der Waals surface area contributed by atoms with Gasteiger partial charge in [0.2, 0.25) is 0 Å². The fourth-order valence-corrected chi connectivity index (χ4v) is 2.32. The normalized spacial score (nSPS) is 16.1. The third kappa shape index (κ3) is 4.21. The highest BCUT2D eigenvalue weighted by Crippen LogP contribution is 2.08. The summed E-state index contributed by atoms with van der Waals surface area (Å²) in [7, 11) is 1.79. The van der Waals surface area contributed by atoms with E-state index in [0.717, 1.165) is 19.6 Å². The molecule has 1 fully saturated rings. The van der Waals surface area contributed by atoms with Crippen LogP contribution in [0, 0.1) is 0 Å². The summed E-state index contributed by atoms with van der Waals surface area (Å²) in [6.45, 7) is 3.97. The molecule has 0 atom stereocenters. The first-order valence-corrected chi connectivity index (χ1v) is 6.94. The molecule has 0 radical (unpaired) electrons. The van der Waals surface area contributed by atoms with Crippen molar-refractivity contribution in [2.45, 2.75) is 19.3 Å². The number of pyridine rings is 1. The van der Waals surface area contributed by atoms with Crippen molar-refractivity contribution in [3.8, 4) is 0 Å². The maximum Gasteiger partial charge on any atom is 0.251 e. The Morgan fingerprint density at radius 2 is 2.16 bits per heavy atom. The van der Waals surface area contributed by atoms with Crippen molar-refractivity contribution in [1.29, 1.82) is 0 Å². The number of hydrogen-bond acceptors (Lipinski definition) is 4. The molecule has 0 unspecified atom stereocenters. The lowest BCUT2D eigenvalue weighted by molar-refractivity contribution is 0.0946. The molecular formula is C14H22N4O. The van der Waals surface area contributed by atoms with Gasteiger partial charge in [0.15, 0.2) is 0 Å². The van der Waals surface area contributed by atoms with Gasteiger partial charge in [0.05, 0.1) is 0 Å². The predicted molar refractivity (Wildman–Crippen MR) is 76.4 cm³/mol. The minimum absolute atomic E-state index is 0.0316. The molecule has 0 aromatic carbocycles. The van der Waals surface area contributed by atoms with Crippen molar-refractivity contribution in [3.63, 3.8) is 0 Å². The second kappa shape index (κ2) is 7.09. The van der Waals surface area contributed by atoms with Gasteiger partial charge in [0.1, 0.15) is 5.82 Å². The molecule has 2 N–H and O–H groups in total. The van der Waals surface area contributed by atoms with Crippen LogP contribution in [0.1, 0.15) is 29.6 Å². The van der Waals surface area contributed by atoms with E-state index >= 15 is 0 Å². The summed E-state index contributed by atoms with van der Waals surface area (Å²) in [5.74, 6) is 0.680. The quantitative estimate of drug-likeness (QED) is 0.841. The van der Waals surface area contributed by atoms with E-state index in [0.29, 0.717) is 17.9 Å². The highest BCUT2D eigenvalue weighted by molar-refractivity contribution is 5.94. The lowest BCUT2D eigenvalue weighted by Crippen LogP contribution is -2.37. The first kappa shape index (κ1) is 13.8. The Kier molecular flexibility index (Phi) is 5.15. The molecule has 19 heavy (non-hydrogen) atoms. The van der Waals surface area contributed by atoms with Gasteiger partial charge in [0, 0.05) is 31.9 Å². The van der Waals surface area contributed by atoms with Crippen molar-refractivity contribution in [2.24, 2.45) is 0 Å². The zero-order chi connectivity index (χ0) is 13.5. The smallest absolute Gasteiger partial charge is 0.251 e. The van der Waals surface area contributed by atoms with Crippen molar-refractivity contribution in [1.82, 2.24) is 15.2 Å². The van der Waals surface area contributed by atoms with Gasteiger partial charge in [-0.25, -0.2) is 4.98 Å². The zero-order valence-electron chi connectivity index (χ0n) is 11.5. The number of piperidine rings is 1. The second-order valence-corrected chi connectivity index (χ2v) is 4.84. The number of aromatic nitrogens is 1. The minimum Gasteiger partial charge on any atom is -0.373 e. The van der Waals surface area contributed by atoms with E-state index in [1.165, 1.54) is 19.3 Å². The number of nitrogens with one attached hydrogen (secondary N) is 2. The van der Waals surface area contributed by atoms with Crippen LogP contribution in [0.15, 0.2) is 18.3 Å². The van der Waals surface area contributed by atoms with E-state index in [1.54, 1.807) is 25.4 Å². The molecule has 5 heteroatoms. The molecule has 2 rings (SSSR count). The fourth-order valence-electron chi connectivity index (χ4n) is 2.32. The van der Waals surface area contributed by atoms with Crippen LogP contribution in [0.5, 0.6) is 0 Å². The molecule has 1 aromatic rings. The van der Waals surface area contributed by atoms with Crippen LogP contribution in [0.25, 0.3) is 0 Å². The maximum atomic E-state index is 12.0. The van der Waals surface area contributed by atoms with Crippen LogP contribution < -0.4 is 10.6 Å². The standard InChI is InChI=1S/C14H22N4O/c1-15-13-11-12(5-6-16-13)14(19)17-7-10-18-8-3-2-4-9-18/h5-6,11H,2-4,7-10H2,1H3,(H,15,16)(H,17,19). The number of amides is 1. The summed E-state index contributed by atoms with van der Waals surface area (Å²) in [6.07, 6.45) is 5.55. The predicted octanol–water partition coefficient (Wildman–Crippen LogP) is 1.34. The monoisotopic (exact) mass is 262 g/mol. The number of anilines is 1. The van der Waals surface area contributed by atoms with Gasteiger partial charge in [-0.3, -0.25) is 4.79 Å². The highest BCUT2D eigenvalue weighted by atomic mass is 16.1. The van der Waals surface area contributed by atoms with Gasteiger partial charge in [-0.15, -0.1) is 0 Å². The Labute approximate surface area is 114 Å². The van der Waals surface area contributed by atoms with E-state index in [-0.39, 0.29) is 5.91 Å². The molecule has 1 aromatic heterocycles. The van der Waals surface area contributed by atoms with Gasteiger partial charge in [-0.05, 0) is 38.1 Å². The summed E-state index contributed by atoms with van der Waals surface area (Å²) >= 11 is 0. The molecule has 0 bridgehead atoms. The molecule has 2 heterocycles. The van der Waals surface area contributed by atoms with Gasteiger partial charge >= 0.3 is 0 Å². The minimum atomic E-state index is -0.0316. The maximum absolute atomic E-state index is 12.0. The second-order valence-electron chi connectivity index (χ2n) is 4.84. The van der Waals surface area contributed by atoms with E-state index in [1.807, 2.05) is 0 Å². The number of carbonyl (C=O) groups excluding carboxylic acids is 1. The molecule has 1 aliphatic heterocycles. The number of carbonyl (C=O) groups is 1. The first-order valence-electron chi connectivity index (χ1n) is 6.94. The highest BCUT2D eigenvalue weighted by Gasteiger charge is 2.10. The third-order valence-electron chi connectivity index (χ3n) is 3.44. The van der Waals surface area contributed by atoms with Gasteiger partial charge in [-0.2, -0.15) is 0 Å². The Balaban J connectivity index is 1.77. The SMILES string of the molecule is CNc1cc(C(=O)NCCN2CCCCC2)ccn1. The molecule has 0 spiro atoms. The Morgan fingerprint density at radius 3 is 2.89 bits per heavy atom. The average molecular weight is 262 g/mol. The molecule has 1 aliphatic rings. The van der Waals surface area contributed by atoms with E-state index in [4.69, 9.17) is 0 Å². The average Bonchev–Trinajstić information content (AvgIpc) is 2.48. The number of likely N-dealkylation sites (tertiary alicyclic amines) is 1. The van der Waals surface area contributed by atoms with Crippen molar-refractivity contribution in [3.05, 3.63) is 23.9 Å². The third-order valence-corrected chi connectivity index (χ3v) is 3.44. The van der Waals surface area contributed by atoms with Crippen molar-refractivity contribution < 1.29 is 4.79 Å². The van der Waals surface area contributed by atoms with Crippen LogP contribution in [0.3, 0.4) is 0 Å². The Hall–Kier alpha value is -1.62. The van der Waals surface area contributed by atoms with Crippen LogP contribution in [0.2, 0.25) is 0 Å². The lowest BCUT2D eigenvalue weighted by Gasteiger charge is -2.26. The van der Waals surface area contributed by atoms with E-state index in [2.05, 4.69) is 20.5 Å². The Morgan fingerprint density at radius 1 is 1.37 bits per heavy atom. The zero-order valence-corrected chi connectivity index (χ0v) is 11.5. The van der Waals surface area contributed by atoms with Crippen LogP contribution in [0.4, 0.5) is 5.82 Å². The largest absolute Gasteiger partial charge is 0.373 e. The molecule has 0 aliphatic carbocycles. The van der Waals surface area contributed by atoms with Crippen LogP contribution >= 0.6 is 0 Å². The van der Waals surface area contributed by atoms with Gasteiger partial charge in [0.25, 0.3) is 5.91 Å². The lowest BCUT2D eigenvalue weighted by atomic mass is 10.1. The summed E-state index contributed by atoms with van der Waals surface area (Å²) in [5.41, 5.74) is 0.651.